The van der Waals surface area contributed by atoms with Crippen LogP contribution in [0.15, 0.2) is 47.4 Å². The molecule has 5 heteroatoms. The Kier molecular flexibility index (Phi) is 6.03. The zero-order valence-corrected chi connectivity index (χ0v) is 13.1. The molecule has 0 heterocycles. The summed E-state index contributed by atoms with van der Waals surface area (Å²) in [4.78, 5) is 0.565. The molecule has 0 aliphatic carbocycles. The van der Waals surface area contributed by atoms with E-state index in [1.165, 1.54) is 0 Å². The van der Waals surface area contributed by atoms with Crippen LogP contribution in [0.3, 0.4) is 0 Å². The van der Waals surface area contributed by atoms with Gasteiger partial charge < -0.3 is 5.32 Å². The maximum Gasteiger partial charge on any atom is 0.288 e. The fourth-order valence-corrected chi connectivity index (χ4v) is 2.66. The Morgan fingerprint density at radius 2 is 1.76 bits per heavy atom. The van der Waals surface area contributed by atoms with E-state index in [1.54, 1.807) is 12.1 Å². The second-order valence-corrected chi connectivity index (χ2v) is 5.96. The minimum atomic E-state index is -2.39. The maximum absolute atomic E-state index is 12.3. The van der Waals surface area contributed by atoms with Crippen LogP contribution in [-0.2, 0) is 6.54 Å². The van der Waals surface area contributed by atoms with E-state index in [0.717, 1.165) is 28.3 Å². The third-order valence-corrected chi connectivity index (χ3v) is 4.12. The highest BCUT2D eigenvalue weighted by Gasteiger charge is 2.07. The molecule has 2 aromatic rings. The summed E-state index contributed by atoms with van der Waals surface area (Å²) >= 11 is 6.73. The molecule has 0 aliphatic rings. The van der Waals surface area contributed by atoms with E-state index in [1.807, 2.05) is 37.3 Å². The lowest BCUT2D eigenvalue weighted by Crippen LogP contribution is -2.12. The molecule has 0 aromatic heterocycles. The molecule has 2 aromatic carbocycles. The van der Waals surface area contributed by atoms with Crippen molar-refractivity contribution in [2.45, 2.75) is 24.1 Å². The number of hydrogen-bond donors (Lipinski definition) is 1. The maximum atomic E-state index is 12.3. The molecule has 0 saturated carbocycles. The topological polar surface area (TPSA) is 12.0 Å². The summed E-state index contributed by atoms with van der Waals surface area (Å²) in [5.41, 5.74) is 3.05. The van der Waals surface area contributed by atoms with E-state index in [2.05, 4.69) is 5.32 Å². The zero-order chi connectivity index (χ0) is 15.2. The molecule has 0 saturated heterocycles. The van der Waals surface area contributed by atoms with Crippen LogP contribution in [0.2, 0.25) is 5.02 Å². The highest BCUT2D eigenvalue weighted by atomic mass is 35.5. The third-order valence-electron chi connectivity index (χ3n) is 3.02. The van der Waals surface area contributed by atoms with Gasteiger partial charge in [-0.3, -0.25) is 0 Å². The summed E-state index contributed by atoms with van der Waals surface area (Å²) in [6.07, 6.45) is 0. The van der Waals surface area contributed by atoms with Crippen LogP contribution >= 0.6 is 23.4 Å². The Morgan fingerprint density at radius 1 is 1.10 bits per heavy atom. The van der Waals surface area contributed by atoms with Crippen LogP contribution in [0.25, 0.3) is 11.1 Å². The van der Waals surface area contributed by atoms with Gasteiger partial charge in [-0.05, 0) is 47.5 Å². The standard InChI is InChI=1S/C16H16ClF2NS/c1-2-20-10-13-9-12(5-8-15(13)17)11-3-6-14(7-4-11)21-16(18)19/h3-9,16,20H,2,10H2,1H3. The summed E-state index contributed by atoms with van der Waals surface area (Å²) in [6, 6.07) is 13.0. The second kappa shape index (κ2) is 7.78. The molecule has 1 N–H and O–H groups in total. The molecule has 2 rings (SSSR count). The van der Waals surface area contributed by atoms with Crippen molar-refractivity contribution >= 4 is 23.4 Å². The number of nitrogens with one attached hydrogen (secondary N) is 1. The fourth-order valence-electron chi connectivity index (χ4n) is 1.98. The SMILES string of the molecule is CCNCc1cc(-c2ccc(SC(F)F)cc2)ccc1Cl. The summed E-state index contributed by atoms with van der Waals surface area (Å²) in [7, 11) is 0. The molecular weight excluding hydrogens is 312 g/mol. The Balaban J connectivity index is 2.21. The Morgan fingerprint density at radius 3 is 2.38 bits per heavy atom. The van der Waals surface area contributed by atoms with Crippen molar-refractivity contribution in [2.24, 2.45) is 0 Å². The molecule has 0 bridgehead atoms. The van der Waals surface area contributed by atoms with Crippen LogP contribution in [-0.4, -0.2) is 12.3 Å². The van der Waals surface area contributed by atoms with Crippen molar-refractivity contribution in [3.63, 3.8) is 0 Å². The summed E-state index contributed by atoms with van der Waals surface area (Å²) in [6.45, 7) is 3.62. The number of halogens is 3. The van der Waals surface area contributed by atoms with Crippen molar-refractivity contribution in [2.75, 3.05) is 6.54 Å². The van der Waals surface area contributed by atoms with Crippen LogP contribution in [0, 0.1) is 0 Å². The number of thioether (sulfide) groups is 1. The smallest absolute Gasteiger partial charge is 0.288 e. The van der Waals surface area contributed by atoms with Gasteiger partial charge in [0.25, 0.3) is 5.76 Å². The molecule has 0 fully saturated rings. The molecule has 0 aliphatic heterocycles. The normalized spacial score (nSPS) is 11.1. The van der Waals surface area contributed by atoms with Gasteiger partial charge >= 0.3 is 0 Å². The van der Waals surface area contributed by atoms with E-state index in [0.29, 0.717) is 23.2 Å². The van der Waals surface area contributed by atoms with E-state index in [4.69, 9.17) is 11.6 Å². The first-order valence-corrected chi connectivity index (χ1v) is 7.90. The average Bonchev–Trinajstić information content (AvgIpc) is 2.47. The molecule has 21 heavy (non-hydrogen) atoms. The molecule has 0 radical (unpaired) electrons. The second-order valence-electron chi connectivity index (χ2n) is 4.49. The van der Waals surface area contributed by atoms with E-state index in [9.17, 15) is 8.78 Å². The largest absolute Gasteiger partial charge is 0.313 e. The van der Waals surface area contributed by atoms with E-state index in [-0.39, 0.29) is 0 Å². The van der Waals surface area contributed by atoms with Crippen molar-refractivity contribution in [3.05, 3.63) is 53.1 Å². The highest BCUT2D eigenvalue weighted by molar-refractivity contribution is 7.99. The van der Waals surface area contributed by atoms with Crippen molar-refractivity contribution in [1.82, 2.24) is 5.32 Å². The Hall–Kier alpha value is -1.10. The van der Waals surface area contributed by atoms with Crippen molar-refractivity contribution in [3.8, 4) is 11.1 Å². The van der Waals surface area contributed by atoms with Gasteiger partial charge in [0.2, 0.25) is 0 Å². The van der Waals surface area contributed by atoms with Gasteiger partial charge in [0.1, 0.15) is 0 Å². The summed E-state index contributed by atoms with van der Waals surface area (Å²) < 4.78 is 24.6. The van der Waals surface area contributed by atoms with Gasteiger partial charge in [-0.1, -0.05) is 48.5 Å². The van der Waals surface area contributed by atoms with Gasteiger partial charge in [-0.2, -0.15) is 8.78 Å². The monoisotopic (exact) mass is 327 g/mol. The Bertz CT molecular complexity index is 587. The first-order valence-electron chi connectivity index (χ1n) is 6.64. The molecule has 0 atom stereocenters. The van der Waals surface area contributed by atoms with E-state index >= 15 is 0 Å². The number of alkyl halides is 2. The summed E-state index contributed by atoms with van der Waals surface area (Å²) in [5.74, 6) is -2.39. The number of hydrogen-bond acceptors (Lipinski definition) is 2. The molecular formula is C16H16ClF2NS. The first kappa shape index (κ1) is 16.3. The summed E-state index contributed by atoms with van der Waals surface area (Å²) in [5, 5.41) is 3.97. The van der Waals surface area contributed by atoms with Gasteiger partial charge in [-0.15, -0.1) is 0 Å². The van der Waals surface area contributed by atoms with Crippen molar-refractivity contribution in [1.29, 1.82) is 0 Å². The quantitative estimate of drug-likeness (QED) is 0.710. The highest BCUT2D eigenvalue weighted by Crippen LogP contribution is 2.29. The molecule has 0 amide bonds. The third kappa shape index (κ3) is 4.70. The van der Waals surface area contributed by atoms with Gasteiger partial charge in [-0.25, -0.2) is 0 Å². The first-order chi connectivity index (χ1) is 10.1. The van der Waals surface area contributed by atoms with Crippen LogP contribution in [0.1, 0.15) is 12.5 Å². The van der Waals surface area contributed by atoms with Gasteiger partial charge in [0.15, 0.2) is 0 Å². The van der Waals surface area contributed by atoms with Crippen LogP contribution in [0.5, 0.6) is 0 Å². The molecule has 0 spiro atoms. The molecule has 0 unspecified atom stereocenters. The zero-order valence-electron chi connectivity index (χ0n) is 11.6. The van der Waals surface area contributed by atoms with Gasteiger partial charge in [0, 0.05) is 16.5 Å². The van der Waals surface area contributed by atoms with Crippen LogP contribution in [0.4, 0.5) is 8.78 Å². The lowest BCUT2D eigenvalue weighted by atomic mass is 10.0. The minimum absolute atomic E-state index is 0.555. The Labute approximate surface area is 132 Å². The lowest BCUT2D eigenvalue weighted by Gasteiger charge is -2.09. The van der Waals surface area contributed by atoms with Gasteiger partial charge in [0.05, 0.1) is 0 Å². The fraction of sp³-hybridized carbons (Fsp3) is 0.250. The number of benzene rings is 2. The van der Waals surface area contributed by atoms with Crippen LogP contribution < -0.4 is 5.32 Å². The lowest BCUT2D eigenvalue weighted by molar-refractivity contribution is 0.252. The number of rotatable bonds is 6. The minimum Gasteiger partial charge on any atom is -0.313 e. The van der Waals surface area contributed by atoms with E-state index < -0.39 is 5.76 Å². The predicted octanol–water partition coefficient (Wildman–Crippen LogP) is 5.43. The molecule has 1 nitrogen and oxygen atoms in total. The molecule has 112 valence electrons. The predicted molar refractivity (Wildman–Crippen MR) is 86.1 cm³/mol. The average molecular weight is 328 g/mol. The van der Waals surface area contributed by atoms with Crippen molar-refractivity contribution < 1.29 is 8.78 Å².